The van der Waals surface area contributed by atoms with Gasteiger partial charge in [0.15, 0.2) is 0 Å². The molecular formula is C15H21Br2NO2. The lowest BCUT2D eigenvalue weighted by atomic mass is 10.2. The second kappa shape index (κ2) is 8.37. The van der Waals surface area contributed by atoms with Crippen molar-refractivity contribution in [1.29, 1.82) is 0 Å². The van der Waals surface area contributed by atoms with Gasteiger partial charge in [-0.25, -0.2) is 0 Å². The fourth-order valence-electron chi connectivity index (χ4n) is 1.99. The topological polar surface area (TPSA) is 30.5 Å². The van der Waals surface area contributed by atoms with E-state index in [4.69, 9.17) is 9.47 Å². The van der Waals surface area contributed by atoms with Crippen LogP contribution in [0.15, 0.2) is 21.1 Å². The molecule has 0 unspecified atom stereocenters. The second-order valence-electron chi connectivity index (χ2n) is 5.14. The summed E-state index contributed by atoms with van der Waals surface area (Å²) in [6.45, 7) is 3.20. The molecule has 1 aliphatic rings. The first-order valence-corrected chi connectivity index (χ1v) is 8.59. The monoisotopic (exact) mass is 405 g/mol. The quantitative estimate of drug-likeness (QED) is 0.625. The molecule has 1 fully saturated rings. The highest BCUT2D eigenvalue weighted by Crippen LogP contribution is 2.36. The van der Waals surface area contributed by atoms with Gasteiger partial charge >= 0.3 is 0 Å². The molecule has 0 spiro atoms. The van der Waals surface area contributed by atoms with Crippen LogP contribution in [-0.4, -0.2) is 26.9 Å². The fraction of sp³-hybridized carbons (Fsp3) is 0.600. The minimum Gasteiger partial charge on any atom is -0.491 e. The summed E-state index contributed by atoms with van der Waals surface area (Å²) < 4.78 is 12.9. The first kappa shape index (κ1) is 16.3. The molecule has 0 aromatic heterocycles. The predicted molar refractivity (Wildman–Crippen MR) is 88.3 cm³/mol. The van der Waals surface area contributed by atoms with Gasteiger partial charge in [0.2, 0.25) is 0 Å². The Morgan fingerprint density at radius 1 is 1.20 bits per heavy atom. The van der Waals surface area contributed by atoms with E-state index in [-0.39, 0.29) is 0 Å². The lowest BCUT2D eigenvalue weighted by Gasteiger charge is -2.12. The number of hydrogen-bond donors (Lipinski definition) is 1. The maximum absolute atomic E-state index is 5.88. The number of rotatable bonds is 9. The molecule has 0 amide bonds. The standard InChI is InChI=1S/C15H21Br2NO2/c1-19-7-5-18-10-12-8-13(16)15(14(17)9-12)20-6-4-11-2-3-11/h8-9,11,18H,2-7,10H2,1H3. The number of benzene rings is 1. The lowest BCUT2D eigenvalue weighted by Crippen LogP contribution is -2.18. The van der Waals surface area contributed by atoms with Gasteiger partial charge in [-0.1, -0.05) is 12.8 Å². The smallest absolute Gasteiger partial charge is 0.147 e. The third kappa shape index (κ3) is 5.35. The average molecular weight is 407 g/mol. The highest BCUT2D eigenvalue weighted by molar-refractivity contribution is 9.11. The normalized spacial score (nSPS) is 14.6. The highest BCUT2D eigenvalue weighted by atomic mass is 79.9. The SMILES string of the molecule is COCCNCc1cc(Br)c(OCCC2CC2)c(Br)c1. The van der Waals surface area contributed by atoms with Crippen LogP contribution in [0, 0.1) is 5.92 Å². The van der Waals surface area contributed by atoms with Crippen LogP contribution < -0.4 is 10.1 Å². The molecule has 3 nitrogen and oxygen atoms in total. The van der Waals surface area contributed by atoms with E-state index in [0.29, 0.717) is 0 Å². The predicted octanol–water partition coefficient (Wildman–Crippen LogP) is 4.13. The van der Waals surface area contributed by atoms with Crippen molar-refractivity contribution >= 4 is 31.9 Å². The Balaban J connectivity index is 1.85. The zero-order valence-corrected chi connectivity index (χ0v) is 14.9. The third-order valence-corrected chi connectivity index (χ3v) is 4.52. The van der Waals surface area contributed by atoms with Gasteiger partial charge in [0.1, 0.15) is 5.75 Å². The van der Waals surface area contributed by atoms with Crippen molar-refractivity contribution in [2.24, 2.45) is 5.92 Å². The molecule has 0 radical (unpaired) electrons. The zero-order valence-electron chi connectivity index (χ0n) is 11.8. The van der Waals surface area contributed by atoms with Gasteiger partial charge in [0.05, 0.1) is 22.2 Å². The van der Waals surface area contributed by atoms with E-state index >= 15 is 0 Å². The first-order valence-electron chi connectivity index (χ1n) is 7.01. The third-order valence-electron chi connectivity index (χ3n) is 3.34. The molecule has 0 aliphatic heterocycles. The Morgan fingerprint density at radius 3 is 2.50 bits per heavy atom. The van der Waals surface area contributed by atoms with E-state index in [2.05, 4.69) is 49.3 Å². The average Bonchev–Trinajstić information content (AvgIpc) is 3.22. The summed E-state index contributed by atoms with van der Waals surface area (Å²) in [5, 5.41) is 3.34. The molecule has 1 saturated carbocycles. The minimum absolute atomic E-state index is 0.727. The lowest BCUT2D eigenvalue weighted by molar-refractivity contribution is 0.199. The van der Waals surface area contributed by atoms with Gasteiger partial charge in [-0.15, -0.1) is 0 Å². The van der Waals surface area contributed by atoms with Crippen LogP contribution in [0.4, 0.5) is 0 Å². The Morgan fingerprint density at radius 2 is 1.90 bits per heavy atom. The van der Waals surface area contributed by atoms with Gasteiger partial charge < -0.3 is 14.8 Å². The van der Waals surface area contributed by atoms with Gasteiger partial charge in [-0.2, -0.15) is 0 Å². The van der Waals surface area contributed by atoms with Crippen LogP contribution in [-0.2, 0) is 11.3 Å². The van der Waals surface area contributed by atoms with Crippen LogP contribution in [0.5, 0.6) is 5.75 Å². The Kier molecular flexibility index (Phi) is 6.81. The van der Waals surface area contributed by atoms with E-state index in [0.717, 1.165) is 46.9 Å². The largest absolute Gasteiger partial charge is 0.491 e. The molecule has 0 saturated heterocycles. The number of halogens is 2. The molecule has 20 heavy (non-hydrogen) atoms. The summed E-state index contributed by atoms with van der Waals surface area (Å²) in [4.78, 5) is 0. The first-order chi connectivity index (χ1) is 9.70. The maximum atomic E-state index is 5.88. The Bertz CT molecular complexity index is 413. The summed E-state index contributed by atoms with van der Waals surface area (Å²) in [6, 6.07) is 4.22. The van der Waals surface area contributed by atoms with Crippen molar-refractivity contribution in [2.75, 3.05) is 26.9 Å². The molecular weight excluding hydrogens is 386 g/mol. The van der Waals surface area contributed by atoms with Crippen molar-refractivity contribution in [2.45, 2.75) is 25.8 Å². The fourth-order valence-corrected chi connectivity index (χ4v) is 3.50. The summed E-state index contributed by atoms with van der Waals surface area (Å²) in [7, 11) is 1.71. The molecule has 1 N–H and O–H groups in total. The highest BCUT2D eigenvalue weighted by Gasteiger charge is 2.21. The van der Waals surface area contributed by atoms with Gasteiger partial charge in [0, 0.05) is 20.2 Å². The molecule has 5 heteroatoms. The van der Waals surface area contributed by atoms with Crippen LogP contribution in [0.3, 0.4) is 0 Å². The van der Waals surface area contributed by atoms with Crippen molar-refractivity contribution in [3.8, 4) is 5.75 Å². The summed E-state index contributed by atoms with van der Waals surface area (Å²) in [5.41, 5.74) is 1.22. The Hall–Kier alpha value is -0.100. The molecule has 2 rings (SSSR count). The van der Waals surface area contributed by atoms with Crippen LogP contribution in [0.1, 0.15) is 24.8 Å². The van der Waals surface area contributed by atoms with Crippen molar-refractivity contribution in [1.82, 2.24) is 5.32 Å². The number of hydrogen-bond acceptors (Lipinski definition) is 3. The molecule has 1 aromatic rings. The van der Waals surface area contributed by atoms with E-state index in [9.17, 15) is 0 Å². The van der Waals surface area contributed by atoms with Crippen LogP contribution >= 0.6 is 31.9 Å². The summed E-state index contributed by atoms with van der Waals surface area (Å²) in [5.74, 6) is 1.81. The number of methoxy groups -OCH3 is 1. The molecule has 1 aromatic carbocycles. The van der Waals surface area contributed by atoms with E-state index in [1.807, 2.05) is 0 Å². The van der Waals surface area contributed by atoms with E-state index in [1.54, 1.807) is 7.11 Å². The van der Waals surface area contributed by atoms with Gasteiger partial charge in [-0.05, 0) is 61.9 Å². The van der Waals surface area contributed by atoms with Crippen LogP contribution in [0.2, 0.25) is 0 Å². The molecule has 0 heterocycles. The van der Waals surface area contributed by atoms with Crippen molar-refractivity contribution in [3.63, 3.8) is 0 Å². The molecule has 1 aliphatic carbocycles. The summed E-state index contributed by atoms with van der Waals surface area (Å²) in [6.07, 6.45) is 3.91. The molecule has 0 bridgehead atoms. The number of nitrogens with one attached hydrogen (secondary N) is 1. The van der Waals surface area contributed by atoms with Gasteiger partial charge in [-0.3, -0.25) is 0 Å². The maximum Gasteiger partial charge on any atom is 0.147 e. The zero-order chi connectivity index (χ0) is 14.4. The Labute approximate surface area is 137 Å². The van der Waals surface area contributed by atoms with Crippen molar-refractivity contribution in [3.05, 3.63) is 26.6 Å². The van der Waals surface area contributed by atoms with E-state index in [1.165, 1.54) is 24.8 Å². The molecule has 0 atom stereocenters. The molecule has 112 valence electrons. The number of ether oxygens (including phenoxy) is 2. The van der Waals surface area contributed by atoms with E-state index < -0.39 is 0 Å². The second-order valence-corrected chi connectivity index (χ2v) is 6.85. The van der Waals surface area contributed by atoms with Gasteiger partial charge in [0.25, 0.3) is 0 Å². The van der Waals surface area contributed by atoms with Crippen LogP contribution in [0.25, 0.3) is 0 Å². The minimum atomic E-state index is 0.727. The van der Waals surface area contributed by atoms with Crippen molar-refractivity contribution < 1.29 is 9.47 Å². The summed E-state index contributed by atoms with van der Waals surface area (Å²) >= 11 is 7.19.